The van der Waals surface area contributed by atoms with Gasteiger partial charge in [-0.25, -0.2) is 4.98 Å². The average Bonchev–Trinajstić information content (AvgIpc) is 2.75. The Balaban J connectivity index is 1.73. The van der Waals surface area contributed by atoms with Gasteiger partial charge in [0.1, 0.15) is 5.69 Å². The third-order valence-corrected chi connectivity index (χ3v) is 4.36. The van der Waals surface area contributed by atoms with Gasteiger partial charge in [-0.05, 0) is 6.07 Å². The third-order valence-electron chi connectivity index (χ3n) is 4.36. The summed E-state index contributed by atoms with van der Waals surface area (Å²) in [5, 5.41) is 0. The van der Waals surface area contributed by atoms with Gasteiger partial charge in [-0.3, -0.25) is 0 Å². The van der Waals surface area contributed by atoms with Gasteiger partial charge in [-0.15, -0.1) is 0 Å². The predicted molar refractivity (Wildman–Crippen MR) is 95.7 cm³/mol. The van der Waals surface area contributed by atoms with Gasteiger partial charge in [0.2, 0.25) is 17.8 Å². The van der Waals surface area contributed by atoms with Crippen LogP contribution in [0.4, 0.5) is 11.9 Å². The van der Waals surface area contributed by atoms with Crippen molar-refractivity contribution in [3.8, 4) is 17.4 Å². The van der Waals surface area contributed by atoms with Crippen LogP contribution in [-0.4, -0.2) is 79.7 Å². The number of aromatic nitrogens is 4. The van der Waals surface area contributed by atoms with Gasteiger partial charge in [-0.1, -0.05) is 6.07 Å². The van der Waals surface area contributed by atoms with E-state index in [1.807, 2.05) is 12.1 Å². The Morgan fingerprint density at radius 2 is 1.38 bits per heavy atom. The van der Waals surface area contributed by atoms with Crippen LogP contribution in [0.15, 0.2) is 18.2 Å². The normalized spacial score (nSPS) is 18.0. The summed E-state index contributed by atoms with van der Waals surface area (Å²) in [6, 6.07) is 5.56. The molecule has 9 heteroatoms. The monoisotopic (exact) mass is 358 g/mol. The van der Waals surface area contributed by atoms with Crippen LogP contribution in [0.25, 0.3) is 11.5 Å². The largest absolute Gasteiger partial charge is 0.481 e. The second-order valence-electron chi connectivity index (χ2n) is 6.02. The molecule has 138 valence electrons. The SMILES string of the molecule is COc1cccc(-c2nc(N3CCOCC3)nc(N3CCOCC3)n2)n1. The van der Waals surface area contributed by atoms with Crippen molar-refractivity contribution in [1.29, 1.82) is 0 Å². The molecule has 2 aliphatic rings. The first-order chi connectivity index (χ1) is 12.8. The number of pyridine rings is 1. The molecule has 0 spiro atoms. The smallest absolute Gasteiger partial charge is 0.230 e. The van der Waals surface area contributed by atoms with Crippen molar-refractivity contribution in [3.63, 3.8) is 0 Å². The predicted octanol–water partition coefficient (Wildman–Crippen LogP) is 0.615. The Kier molecular flexibility index (Phi) is 5.07. The molecule has 26 heavy (non-hydrogen) atoms. The molecule has 0 atom stereocenters. The standard InChI is InChI=1S/C17H22N6O3/c1-24-14-4-2-3-13(18-14)15-19-16(22-5-9-25-10-6-22)21-17(20-15)23-7-11-26-12-8-23/h2-4H,5-12H2,1H3. The molecule has 4 heterocycles. The zero-order chi connectivity index (χ0) is 17.8. The highest BCUT2D eigenvalue weighted by Crippen LogP contribution is 2.22. The van der Waals surface area contributed by atoms with E-state index in [4.69, 9.17) is 19.2 Å². The minimum atomic E-state index is 0.531. The molecule has 9 nitrogen and oxygen atoms in total. The van der Waals surface area contributed by atoms with Gasteiger partial charge in [0, 0.05) is 32.2 Å². The van der Waals surface area contributed by atoms with Crippen LogP contribution in [0.5, 0.6) is 5.88 Å². The van der Waals surface area contributed by atoms with E-state index in [0.29, 0.717) is 55.7 Å². The molecule has 0 saturated carbocycles. The highest BCUT2D eigenvalue weighted by atomic mass is 16.5. The zero-order valence-corrected chi connectivity index (χ0v) is 14.8. The highest BCUT2D eigenvalue weighted by Gasteiger charge is 2.21. The molecule has 0 aliphatic carbocycles. The summed E-state index contributed by atoms with van der Waals surface area (Å²) in [7, 11) is 1.60. The number of morpholine rings is 2. The summed E-state index contributed by atoms with van der Waals surface area (Å²) in [5.74, 6) is 2.39. The topological polar surface area (TPSA) is 85.7 Å². The number of ether oxygens (including phenoxy) is 3. The summed E-state index contributed by atoms with van der Waals surface area (Å²) in [6.07, 6.45) is 0. The van der Waals surface area contributed by atoms with Gasteiger partial charge in [0.25, 0.3) is 0 Å². The number of nitrogens with zero attached hydrogens (tertiary/aromatic N) is 6. The first kappa shape index (κ1) is 16.9. The minimum absolute atomic E-state index is 0.531. The molecule has 2 fully saturated rings. The quantitative estimate of drug-likeness (QED) is 0.780. The summed E-state index contributed by atoms with van der Waals surface area (Å²) in [6.45, 7) is 5.73. The Hall–Kier alpha value is -2.52. The van der Waals surface area contributed by atoms with Gasteiger partial charge >= 0.3 is 0 Å². The zero-order valence-electron chi connectivity index (χ0n) is 14.8. The molecule has 2 aliphatic heterocycles. The number of hydrogen-bond donors (Lipinski definition) is 0. The molecule has 0 unspecified atom stereocenters. The van der Waals surface area contributed by atoms with Crippen LogP contribution in [0.2, 0.25) is 0 Å². The maximum absolute atomic E-state index is 5.44. The minimum Gasteiger partial charge on any atom is -0.481 e. The molecule has 4 rings (SSSR count). The van der Waals surface area contributed by atoms with Crippen molar-refractivity contribution in [3.05, 3.63) is 18.2 Å². The van der Waals surface area contributed by atoms with Crippen LogP contribution in [0, 0.1) is 0 Å². The van der Waals surface area contributed by atoms with E-state index >= 15 is 0 Å². The molecule has 0 radical (unpaired) electrons. The van der Waals surface area contributed by atoms with Gasteiger partial charge in [0.05, 0.1) is 33.5 Å². The molecule has 0 bridgehead atoms. The molecule has 0 aromatic carbocycles. The lowest BCUT2D eigenvalue weighted by atomic mass is 10.3. The van der Waals surface area contributed by atoms with E-state index < -0.39 is 0 Å². The maximum Gasteiger partial charge on any atom is 0.230 e. The van der Waals surface area contributed by atoms with Crippen molar-refractivity contribution < 1.29 is 14.2 Å². The molecule has 2 saturated heterocycles. The van der Waals surface area contributed by atoms with E-state index in [1.54, 1.807) is 13.2 Å². The number of methoxy groups -OCH3 is 1. The van der Waals surface area contributed by atoms with Crippen LogP contribution >= 0.6 is 0 Å². The number of rotatable bonds is 4. The molecular weight excluding hydrogens is 336 g/mol. The Labute approximate surface area is 152 Å². The lowest BCUT2D eigenvalue weighted by molar-refractivity contribution is 0.121. The van der Waals surface area contributed by atoms with Crippen molar-refractivity contribution in [2.24, 2.45) is 0 Å². The first-order valence-corrected chi connectivity index (χ1v) is 8.76. The van der Waals surface area contributed by atoms with Gasteiger partial charge < -0.3 is 24.0 Å². The number of hydrogen-bond acceptors (Lipinski definition) is 9. The fourth-order valence-corrected chi connectivity index (χ4v) is 2.93. The van der Waals surface area contributed by atoms with E-state index in [9.17, 15) is 0 Å². The van der Waals surface area contributed by atoms with Crippen molar-refractivity contribution in [1.82, 2.24) is 19.9 Å². The van der Waals surface area contributed by atoms with E-state index in [2.05, 4.69) is 24.8 Å². The fourth-order valence-electron chi connectivity index (χ4n) is 2.93. The Morgan fingerprint density at radius 1 is 0.808 bits per heavy atom. The second kappa shape index (κ2) is 7.79. The second-order valence-corrected chi connectivity index (χ2v) is 6.02. The molecular formula is C17H22N6O3. The highest BCUT2D eigenvalue weighted by molar-refractivity contribution is 5.55. The van der Waals surface area contributed by atoms with E-state index in [-0.39, 0.29) is 0 Å². The van der Waals surface area contributed by atoms with Gasteiger partial charge in [-0.2, -0.15) is 15.0 Å². The molecule has 0 N–H and O–H groups in total. The lowest BCUT2D eigenvalue weighted by Gasteiger charge is -2.30. The Bertz CT molecular complexity index is 711. The third kappa shape index (κ3) is 3.68. The van der Waals surface area contributed by atoms with Gasteiger partial charge in [0.15, 0.2) is 5.82 Å². The van der Waals surface area contributed by atoms with Crippen molar-refractivity contribution >= 4 is 11.9 Å². The molecule has 2 aromatic rings. The van der Waals surface area contributed by atoms with Crippen molar-refractivity contribution in [2.75, 3.05) is 69.5 Å². The molecule has 0 amide bonds. The van der Waals surface area contributed by atoms with Crippen molar-refractivity contribution in [2.45, 2.75) is 0 Å². The molecule has 2 aromatic heterocycles. The number of anilines is 2. The first-order valence-electron chi connectivity index (χ1n) is 8.76. The lowest BCUT2D eigenvalue weighted by Crippen LogP contribution is -2.40. The van der Waals surface area contributed by atoms with Crippen LogP contribution in [-0.2, 0) is 9.47 Å². The summed E-state index contributed by atoms with van der Waals surface area (Å²) < 4.78 is 16.1. The Morgan fingerprint density at radius 3 is 1.92 bits per heavy atom. The van der Waals surface area contributed by atoms with E-state index in [0.717, 1.165) is 26.2 Å². The maximum atomic E-state index is 5.44. The fraction of sp³-hybridized carbons (Fsp3) is 0.529. The van der Waals surface area contributed by atoms with Crippen LogP contribution in [0.1, 0.15) is 0 Å². The average molecular weight is 358 g/mol. The van der Waals surface area contributed by atoms with Crippen LogP contribution < -0.4 is 14.5 Å². The summed E-state index contributed by atoms with van der Waals surface area (Å²) in [5.41, 5.74) is 0.663. The summed E-state index contributed by atoms with van der Waals surface area (Å²) in [4.78, 5) is 22.8. The van der Waals surface area contributed by atoms with E-state index in [1.165, 1.54) is 0 Å². The van der Waals surface area contributed by atoms with Crippen LogP contribution in [0.3, 0.4) is 0 Å². The summed E-state index contributed by atoms with van der Waals surface area (Å²) >= 11 is 0.